The van der Waals surface area contributed by atoms with Crippen LogP contribution in [0.2, 0.25) is 0 Å². The van der Waals surface area contributed by atoms with E-state index in [4.69, 9.17) is 11.5 Å². The van der Waals surface area contributed by atoms with Crippen LogP contribution in [0.3, 0.4) is 0 Å². The topological polar surface area (TPSA) is 205 Å². The van der Waals surface area contributed by atoms with Gasteiger partial charge in [0, 0.05) is 24.1 Å². The zero-order valence-corrected chi connectivity index (χ0v) is 20.5. The maximum atomic E-state index is 13.0. The monoisotopic (exact) mass is 499 g/mol. The number of amides is 3. The van der Waals surface area contributed by atoms with Gasteiger partial charge in [-0.1, -0.05) is 20.3 Å². The molecule has 0 aliphatic carbocycles. The van der Waals surface area contributed by atoms with E-state index in [0.717, 1.165) is 0 Å². The molecule has 5 unspecified atom stereocenters. The molecule has 1 rings (SSSR count). The van der Waals surface area contributed by atoms with Crippen LogP contribution < -0.4 is 27.4 Å². The molecule has 0 aliphatic heterocycles. The molecular weight excluding hydrogens is 462 g/mol. The molecule has 34 heavy (non-hydrogen) atoms. The fraction of sp³-hybridized carbons (Fsp3) is 0.667. The van der Waals surface area contributed by atoms with Gasteiger partial charge in [-0.25, -0.2) is 9.78 Å². The van der Waals surface area contributed by atoms with Crippen molar-refractivity contribution in [2.24, 2.45) is 17.4 Å². The Morgan fingerprint density at radius 3 is 2.32 bits per heavy atom. The van der Waals surface area contributed by atoms with Gasteiger partial charge >= 0.3 is 5.97 Å². The highest BCUT2D eigenvalue weighted by Crippen LogP contribution is 2.10. The minimum Gasteiger partial charge on any atom is -0.480 e. The second kappa shape index (κ2) is 15.3. The van der Waals surface area contributed by atoms with Gasteiger partial charge in [0.15, 0.2) is 0 Å². The molecule has 0 radical (unpaired) electrons. The number of unbranched alkanes of at least 4 members (excludes halogenated alkanes) is 1. The summed E-state index contributed by atoms with van der Waals surface area (Å²) in [5.41, 5.74) is 12.1. The molecule has 1 aromatic heterocycles. The lowest BCUT2D eigenvalue weighted by molar-refractivity contribution is -0.142. The largest absolute Gasteiger partial charge is 0.480 e. The van der Waals surface area contributed by atoms with Crippen LogP contribution in [0.15, 0.2) is 12.5 Å². The van der Waals surface area contributed by atoms with E-state index in [1.165, 1.54) is 6.33 Å². The Balaban J connectivity index is 2.81. The average Bonchev–Trinajstić information content (AvgIpc) is 3.32. The summed E-state index contributed by atoms with van der Waals surface area (Å²) in [6.45, 7) is 4.08. The molecule has 3 amide bonds. The fourth-order valence-corrected chi connectivity index (χ4v) is 3.42. The van der Waals surface area contributed by atoms with Crippen molar-refractivity contribution >= 4 is 36.3 Å². The Hall–Kier alpha value is -2.64. The molecule has 0 saturated carbocycles. The van der Waals surface area contributed by atoms with Crippen molar-refractivity contribution in [3.05, 3.63) is 18.2 Å². The second-order valence-electron chi connectivity index (χ2n) is 8.19. The number of carboxylic acid groups (broad SMARTS) is 1. The van der Waals surface area contributed by atoms with Crippen LogP contribution >= 0.6 is 12.6 Å². The molecule has 0 aliphatic rings. The van der Waals surface area contributed by atoms with Crippen molar-refractivity contribution in [1.29, 1.82) is 0 Å². The zero-order chi connectivity index (χ0) is 25.7. The predicted molar refractivity (Wildman–Crippen MR) is 130 cm³/mol. The van der Waals surface area contributed by atoms with Crippen molar-refractivity contribution < 1.29 is 24.3 Å². The third-order valence-electron chi connectivity index (χ3n) is 5.50. The summed E-state index contributed by atoms with van der Waals surface area (Å²) in [6.07, 6.45) is 5.20. The third-order valence-corrected chi connectivity index (χ3v) is 5.87. The van der Waals surface area contributed by atoms with Gasteiger partial charge in [0.1, 0.15) is 18.1 Å². The number of carbonyl (C=O) groups is 4. The van der Waals surface area contributed by atoms with Gasteiger partial charge in [0.25, 0.3) is 0 Å². The number of thiol groups is 1. The Morgan fingerprint density at radius 1 is 1.12 bits per heavy atom. The Morgan fingerprint density at radius 2 is 1.79 bits per heavy atom. The van der Waals surface area contributed by atoms with E-state index in [1.54, 1.807) is 13.1 Å². The number of rotatable bonds is 16. The number of carboxylic acids is 1. The number of nitrogens with one attached hydrogen (secondary N) is 4. The van der Waals surface area contributed by atoms with Gasteiger partial charge in [-0.05, 0) is 31.7 Å². The minimum absolute atomic E-state index is 0.0623. The lowest BCUT2D eigenvalue weighted by Gasteiger charge is -2.27. The third kappa shape index (κ3) is 9.69. The Kier molecular flexibility index (Phi) is 13.2. The molecule has 0 saturated heterocycles. The number of aliphatic carboxylic acids is 1. The van der Waals surface area contributed by atoms with Gasteiger partial charge in [-0.2, -0.15) is 12.6 Å². The highest BCUT2D eigenvalue weighted by Gasteiger charge is 2.32. The van der Waals surface area contributed by atoms with Crippen LogP contribution in [0, 0.1) is 5.92 Å². The molecule has 0 fully saturated rings. The Labute approximate surface area is 204 Å². The SMILES string of the molecule is CCC(C)C(NC(=O)C(N)Cc1cnc[nH]1)C(=O)NC(CS)C(=O)NC(CCCCN)C(=O)O. The fourth-order valence-electron chi connectivity index (χ4n) is 3.17. The smallest absolute Gasteiger partial charge is 0.326 e. The van der Waals surface area contributed by atoms with Gasteiger partial charge in [-0.15, -0.1) is 0 Å². The summed E-state index contributed by atoms with van der Waals surface area (Å²) in [4.78, 5) is 56.5. The van der Waals surface area contributed by atoms with E-state index in [0.29, 0.717) is 31.5 Å². The van der Waals surface area contributed by atoms with E-state index in [2.05, 4.69) is 38.5 Å². The van der Waals surface area contributed by atoms with Crippen molar-refractivity contribution in [3.63, 3.8) is 0 Å². The first-order chi connectivity index (χ1) is 16.1. The first-order valence-electron chi connectivity index (χ1n) is 11.3. The molecule has 192 valence electrons. The molecule has 0 bridgehead atoms. The quantitative estimate of drug-likeness (QED) is 0.103. The molecule has 1 heterocycles. The van der Waals surface area contributed by atoms with E-state index >= 15 is 0 Å². The molecule has 5 atom stereocenters. The van der Waals surface area contributed by atoms with Gasteiger partial charge in [0.2, 0.25) is 17.7 Å². The maximum absolute atomic E-state index is 13.0. The summed E-state index contributed by atoms with van der Waals surface area (Å²) in [5, 5.41) is 17.1. The van der Waals surface area contributed by atoms with Crippen LogP contribution in [0.1, 0.15) is 45.2 Å². The van der Waals surface area contributed by atoms with E-state index < -0.39 is 47.9 Å². The van der Waals surface area contributed by atoms with Crippen LogP contribution in [-0.4, -0.2) is 75.2 Å². The summed E-state index contributed by atoms with van der Waals surface area (Å²) in [6, 6.07) is -4.05. The first-order valence-corrected chi connectivity index (χ1v) is 11.9. The molecule has 12 nitrogen and oxygen atoms in total. The lowest BCUT2D eigenvalue weighted by Crippen LogP contribution is -2.59. The first kappa shape index (κ1) is 29.4. The number of aromatic amines is 1. The van der Waals surface area contributed by atoms with Crippen molar-refractivity contribution in [2.75, 3.05) is 12.3 Å². The number of aromatic nitrogens is 2. The summed E-state index contributed by atoms with van der Waals surface area (Å²) >= 11 is 4.13. The van der Waals surface area contributed by atoms with E-state index in [1.807, 2.05) is 6.92 Å². The van der Waals surface area contributed by atoms with Crippen LogP contribution in [0.5, 0.6) is 0 Å². The van der Waals surface area contributed by atoms with Crippen molar-refractivity contribution in [1.82, 2.24) is 25.9 Å². The molecule has 1 aromatic rings. The number of nitrogens with two attached hydrogens (primary N) is 2. The maximum Gasteiger partial charge on any atom is 0.326 e. The summed E-state index contributed by atoms with van der Waals surface area (Å²) in [7, 11) is 0. The number of hydrogen-bond donors (Lipinski definition) is 8. The molecule has 9 N–H and O–H groups in total. The highest BCUT2D eigenvalue weighted by molar-refractivity contribution is 7.80. The lowest BCUT2D eigenvalue weighted by atomic mass is 9.97. The molecule has 0 spiro atoms. The molecule has 0 aromatic carbocycles. The second-order valence-corrected chi connectivity index (χ2v) is 8.55. The number of imidazole rings is 1. The highest BCUT2D eigenvalue weighted by atomic mass is 32.1. The summed E-state index contributed by atoms with van der Waals surface area (Å²) in [5.74, 6) is -3.27. The average molecular weight is 500 g/mol. The van der Waals surface area contributed by atoms with E-state index in [-0.39, 0.29) is 24.5 Å². The minimum atomic E-state index is -1.18. The van der Waals surface area contributed by atoms with E-state index in [9.17, 15) is 24.3 Å². The predicted octanol–water partition coefficient (Wildman–Crippen LogP) is -1.08. The molecule has 13 heteroatoms. The number of nitrogens with zero attached hydrogens (tertiary/aromatic N) is 1. The molecular formula is C21H37N7O5S. The van der Waals surface area contributed by atoms with Crippen molar-refractivity contribution in [3.8, 4) is 0 Å². The normalized spacial score (nSPS) is 15.4. The summed E-state index contributed by atoms with van der Waals surface area (Å²) < 4.78 is 0. The van der Waals surface area contributed by atoms with Crippen LogP contribution in [0.4, 0.5) is 0 Å². The van der Waals surface area contributed by atoms with Gasteiger partial charge < -0.3 is 37.5 Å². The Bertz CT molecular complexity index is 792. The number of carbonyl (C=O) groups excluding carboxylic acids is 3. The van der Waals surface area contributed by atoms with Crippen LogP contribution in [-0.2, 0) is 25.6 Å². The van der Waals surface area contributed by atoms with Crippen molar-refractivity contribution in [2.45, 2.75) is 70.1 Å². The zero-order valence-electron chi connectivity index (χ0n) is 19.6. The standard InChI is InChI=1S/C21H37N7O5S/c1-3-12(2)17(28-18(29)14(23)8-13-9-24-11-25-13)20(31)27-16(10-34)19(30)26-15(21(32)33)6-4-5-7-22/h9,11-12,14-17,34H,3-8,10,22-23H2,1-2H3,(H,24,25)(H,26,30)(H,27,31)(H,28,29)(H,32,33). The van der Waals surface area contributed by atoms with Gasteiger partial charge in [-0.3, -0.25) is 14.4 Å². The van der Waals surface area contributed by atoms with Gasteiger partial charge in [0.05, 0.1) is 12.4 Å². The number of hydrogen-bond acceptors (Lipinski definition) is 8. The van der Waals surface area contributed by atoms with Crippen LogP contribution in [0.25, 0.3) is 0 Å². The number of H-pyrrole nitrogens is 1.